The molecule has 1 fully saturated rings. The van der Waals surface area contributed by atoms with E-state index in [0.29, 0.717) is 0 Å². The molecule has 0 unspecified atom stereocenters. The summed E-state index contributed by atoms with van der Waals surface area (Å²) < 4.78 is 0. The third-order valence-electron chi connectivity index (χ3n) is 3.25. The second-order valence-electron chi connectivity index (χ2n) is 4.26. The van der Waals surface area contributed by atoms with Crippen LogP contribution in [0.15, 0.2) is 35.3 Å². The van der Waals surface area contributed by atoms with Gasteiger partial charge < -0.3 is 0 Å². The van der Waals surface area contributed by atoms with Gasteiger partial charge in [0.15, 0.2) is 0 Å². The Hall–Kier alpha value is -2.02. The maximum absolute atomic E-state index is 10.6. The lowest BCUT2D eigenvalue weighted by atomic mass is 9.77. The quantitative estimate of drug-likeness (QED) is 0.641. The normalized spacial score (nSPS) is 16.4. The Balaban J connectivity index is 0.000000492. The molecule has 1 aromatic rings. The number of hydrogen-bond acceptors (Lipinski definition) is 4. The van der Waals surface area contributed by atoms with Crippen molar-refractivity contribution in [2.24, 2.45) is 4.99 Å². The molecule has 1 aliphatic rings. The van der Waals surface area contributed by atoms with Gasteiger partial charge in [0.2, 0.25) is 12.2 Å². The van der Waals surface area contributed by atoms with Gasteiger partial charge in [-0.15, -0.1) is 0 Å². The highest BCUT2D eigenvalue weighted by Gasteiger charge is 2.33. The van der Waals surface area contributed by atoms with Crippen molar-refractivity contribution in [3.05, 3.63) is 35.9 Å². The molecule has 0 aromatic heterocycles. The Morgan fingerprint density at radius 1 is 1.06 bits per heavy atom. The summed E-state index contributed by atoms with van der Waals surface area (Å²) in [7, 11) is 0. The van der Waals surface area contributed by atoms with Crippen LogP contribution in [-0.4, -0.2) is 12.2 Å². The maximum Gasteiger partial charge on any atom is 0.235 e. The van der Waals surface area contributed by atoms with Gasteiger partial charge in [-0.1, -0.05) is 49.6 Å². The lowest BCUT2D eigenvalue weighted by Gasteiger charge is -2.32. The number of carbonyl (C=O) groups excluding carboxylic acids is 2. The van der Waals surface area contributed by atoms with Gasteiger partial charge in [-0.05, 0) is 18.4 Å². The van der Waals surface area contributed by atoms with Crippen molar-refractivity contribution in [2.75, 3.05) is 0 Å². The minimum absolute atomic E-state index is 0.277. The first-order valence-corrected chi connectivity index (χ1v) is 5.97. The molecule has 4 nitrogen and oxygen atoms in total. The lowest BCUT2D eigenvalue weighted by Crippen LogP contribution is -2.26. The molecule has 0 bridgehead atoms. The number of aliphatic imine (C=N–C) groups is 1. The van der Waals surface area contributed by atoms with Gasteiger partial charge >= 0.3 is 0 Å². The molecule has 0 spiro atoms. The maximum atomic E-state index is 10.6. The molecule has 94 valence electrons. The van der Waals surface area contributed by atoms with Gasteiger partial charge in [0.25, 0.3) is 0 Å². The summed E-state index contributed by atoms with van der Waals surface area (Å²) in [6, 6.07) is 10.1. The van der Waals surface area contributed by atoms with Crippen LogP contribution < -0.4 is 0 Å². The van der Waals surface area contributed by atoms with Crippen LogP contribution in [-0.2, 0) is 15.1 Å². The van der Waals surface area contributed by atoms with E-state index in [1.807, 2.05) is 18.2 Å². The second kappa shape index (κ2) is 7.33. The van der Waals surface area contributed by atoms with E-state index in [9.17, 15) is 4.79 Å². The third-order valence-corrected chi connectivity index (χ3v) is 3.25. The fourth-order valence-corrected chi connectivity index (χ4v) is 2.44. The zero-order chi connectivity index (χ0) is 13.3. The molecular formula is C14H16N2O2. The van der Waals surface area contributed by atoms with E-state index in [4.69, 9.17) is 10.2 Å². The predicted octanol–water partition coefficient (Wildman–Crippen LogP) is 3.08. The summed E-state index contributed by atoms with van der Waals surface area (Å²) in [5, 5.41) is 5.40. The molecular weight excluding hydrogens is 228 g/mol. The summed E-state index contributed by atoms with van der Waals surface area (Å²) >= 11 is 0. The van der Waals surface area contributed by atoms with E-state index in [1.54, 1.807) is 6.08 Å². The van der Waals surface area contributed by atoms with E-state index in [-0.39, 0.29) is 5.54 Å². The zero-order valence-corrected chi connectivity index (χ0v) is 10.2. The Morgan fingerprint density at radius 2 is 1.61 bits per heavy atom. The van der Waals surface area contributed by atoms with Crippen LogP contribution in [0.5, 0.6) is 0 Å². The largest absolute Gasteiger partial charge is 0.235 e. The Bertz CT molecular complexity index is 438. The van der Waals surface area contributed by atoms with Crippen molar-refractivity contribution in [1.29, 1.82) is 5.41 Å². The first-order valence-electron chi connectivity index (χ1n) is 5.97. The van der Waals surface area contributed by atoms with Gasteiger partial charge in [0.1, 0.15) is 0 Å². The van der Waals surface area contributed by atoms with Crippen LogP contribution >= 0.6 is 0 Å². The predicted molar refractivity (Wildman–Crippen MR) is 67.7 cm³/mol. The standard InChI is InChI=1S/C13H15NO.CHNO/c15-11-14-13(9-5-2-6-10-13)12-7-3-1-4-8-12;2-1-3/h1,3-4,7-8H,2,5-6,9-10H2;2H. The van der Waals surface area contributed by atoms with Gasteiger partial charge in [-0.25, -0.2) is 15.0 Å². The molecule has 18 heavy (non-hydrogen) atoms. The van der Waals surface area contributed by atoms with Crippen LogP contribution in [0.25, 0.3) is 0 Å². The van der Waals surface area contributed by atoms with Crippen molar-refractivity contribution in [3.8, 4) is 0 Å². The highest BCUT2D eigenvalue weighted by atomic mass is 16.1. The fraction of sp³-hybridized carbons (Fsp3) is 0.429. The van der Waals surface area contributed by atoms with E-state index < -0.39 is 0 Å². The average molecular weight is 244 g/mol. The molecule has 0 radical (unpaired) electrons. The fourth-order valence-electron chi connectivity index (χ4n) is 2.44. The van der Waals surface area contributed by atoms with Crippen LogP contribution in [0.1, 0.15) is 37.7 Å². The summed E-state index contributed by atoms with van der Waals surface area (Å²) in [5.74, 6) is 0. The SMILES string of the molecule is N=C=O.O=C=NC1(c2ccccc2)CCCCC1. The first-order chi connectivity index (χ1) is 8.79. The van der Waals surface area contributed by atoms with Gasteiger partial charge in [-0.3, -0.25) is 0 Å². The summed E-state index contributed by atoms with van der Waals surface area (Å²) in [5.41, 5.74) is 0.884. The Kier molecular flexibility index (Phi) is 5.72. The number of nitrogens with one attached hydrogen (secondary N) is 1. The molecule has 2 rings (SSSR count). The number of benzene rings is 1. The van der Waals surface area contributed by atoms with Crippen LogP contribution in [0, 0.1) is 5.41 Å². The van der Waals surface area contributed by atoms with Gasteiger partial charge in [-0.2, -0.15) is 4.99 Å². The number of hydrogen-bond donors (Lipinski definition) is 1. The van der Waals surface area contributed by atoms with Crippen molar-refractivity contribution in [3.63, 3.8) is 0 Å². The van der Waals surface area contributed by atoms with Crippen LogP contribution in [0.2, 0.25) is 0 Å². The highest BCUT2D eigenvalue weighted by Crippen LogP contribution is 2.40. The molecule has 0 saturated heterocycles. The molecule has 1 aromatic carbocycles. The van der Waals surface area contributed by atoms with Crippen LogP contribution in [0.4, 0.5) is 0 Å². The number of nitrogens with zero attached hydrogens (tertiary/aromatic N) is 1. The molecule has 1 N–H and O–H groups in total. The third kappa shape index (κ3) is 3.49. The van der Waals surface area contributed by atoms with Gasteiger partial charge in [0.05, 0.1) is 5.54 Å². The molecule has 0 aliphatic heterocycles. The molecule has 1 aliphatic carbocycles. The second-order valence-corrected chi connectivity index (χ2v) is 4.26. The molecule has 4 heteroatoms. The molecule has 1 saturated carbocycles. The molecule has 0 heterocycles. The van der Waals surface area contributed by atoms with Crippen molar-refractivity contribution < 1.29 is 9.59 Å². The summed E-state index contributed by atoms with van der Waals surface area (Å²) in [4.78, 5) is 23.0. The van der Waals surface area contributed by atoms with E-state index in [2.05, 4.69) is 17.1 Å². The highest BCUT2D eigenvalue weighted by molar-refractivity contribution is 5.38. The van der Waals surface area contributed by atoms with Crippen LogP contribution in [0.3, 0.4) is 0 Å². The first kappa shape index (κ1) is 14.0. The molecule has 0 atom stereocenters. The Labute approximate surface area is 106 Å². The van der Waals surface area contributed by atoms with E-state index in [0.717, 1.165) is 37.3 Å². The summed E-state index contributed by atoms with van der Waals surface area (Å²) in [6.45, 7) is 0. The van der Waals surface area contributed by atoms with Gasteiger partial charge in [0, 0.05) is 0 Å². The van der Waals surface area contributed by atoms with E-state index in [1.165, 1.54) is 6.42 Å². The summed E-state index contributed by atoms with van der Waals surface area (Å²) in [6.07, 6.45) is 8.02. The monoisotopic (exact) mass is 244 g/mol. The minimum atomic E-state index is -0.277. The minimum Gasteiger partial charge on any atom is -0.222 e. The topological polar surface area (TPSA) is 70.3 Å². The molecule has 0 amide bonds. The zero-order valence-electron chi connectivity index (χ0n) is 10.2. The lowest BCUT2D eigenvalue weighted by molar-refractivity contribution is 0.304. The van der Waals surface area contributed by atoms with E-state index >= 15 is 0 Å². The van der Waals surface area contributed by atoms with Crippen molar-refractivity contribution in [1.82, 2.24) is 0 Å². The average Bonchev–Trinajstić information content (AvgIpc) is 2.42. The smallest absolute Gasteiger partial charge is 0.222 e. The Morgan fingerprint density at radius 3 is 2.11 bits per heavy atom. The number of rotatable bonds is 2. The van der Waals surface area contributed by atoms with Crippen molar-refractivity contribution >= 4 is 12.2 Å². The van der Waals surface area contributed by atoms with Crippen molar-refractivity contribution in [2.45, 2.75) is 37.6 Å². The number of isocyanates is 2.